The summed E-state index contributed by atoms with van der Waals surface area (Å²) in [6.45, 7) is 0.687. The van der Waals surface area contributed by atoms with E-state index in [1.54, 1.807) is 6.20 Å². The van der Waals surface area contributed by atoms with Crippen LogP contribution in [0.2, 0.25) is 5.02 Å². The van der Waals surface area contributed by atoms with Gasteiger partial charge in [-0.3, -0.25) is 14.7 Å². The molecule has 2 bridgehead atoms. The zero-order valence-electron chi connectivity index (χ0n) is 12.1. The van der Waals surface area contributed by atoms with Crippen LogP contribution in [0.1, 0.15) is 24.8 Å². The van der Waals surface area contributed by atoms with Gasteiger partial charge in [-0.1, -0.05) is 23.7 Å². The lowest BCUT2D eigenvalue weighted by atomic mass is 9.89. The Morgan fingerprint density at radius 1 is 1.36 bits per heavy atom. The molecule has 2 aromatic rings. The van der Waals surface area contributed by atoms with Crippen LogP contribution in [0.15, 0.2) is 30.5 Å². The lowest BCUT2D eigenvalue weighted by molar-refractivity contribution is -0.142. The van der Waals surface area contributed by atoms with Crippen LogP contribution in [0.5, 0.6) is 0 Å². The summed E-state index contributed by atoms with van der Waals surface area (Å²) in [7, 11) is 0. The third kappa shape index (κ3) is 2.09. The van der Waals surface area contributed by atoms with E-state index < -0.39 is 5.97 Å². The topological polar surface area (TPSA) is 53.4 Å². The maximum Gasteiger partial charge on any atom is 0.308 e. The fourth-order valence-corrected chi connectivity index (χ4v) is 4.34. The van der Waals surface area contributed by atoms with Crippen molar-refractivity contribution in [1.82, 2.24) is 9.88 Å². The summed E-state index contributed by atoms with van der Waals surface area (Å²) in [5, 5.41) is 11.2. The van der Waals surface area contributed by atoms with Crippen molar-refractivity contribution >= 4 is 28.5 Å². The molecule has 1 aromatic heterocycles. The van der Waals surface area contributed by atoms with Gasteiger partial charge in [-0.25, -0.2) is 0 Å². The Kier molecular flexibility index (Phi) is 3.31. The van der Waals surface area contributed by atoms with Gasteiger partial charge in [0.1, 0.15) is 0 Å². The largest absolute Gasteiger partial charge is 0.481 e. The molecular weight excluding hydrogens is 300 g/mol. The van der Waals surface area contributed by atoms with E-state index in [0.717, 1.165) is 35.7 Å². The Balaban J connectivity index is 1.70. The fraction of sp³-hybridized carbons (Fsp3) is 0.412. The molecule has 0 amide bonds. The van der Waals surface area contributed by atoms with Crippen LogP contribution in [0.3, 0.4) is 0 Å². The number of halogens is 1. The van der Waals surface area contributed by atoms with E-state index in [9.17, 15) is 9.90 Å². The number of hydrogen-bond acceptors (Lipinski definition) is 3. The van der Waals surface area contributed by atoms with Gasteiger partial charge in [0, 0.05) is 40.8 Å². The first kappa shape index (κ1) is 14.0. The van der Waals surface area contributed by atoms with Crippen LogP contribution in [-0.4, -0.2) is 33.0 Å². The summed E-state index contributed by atoms with van der Waals surface area (Å²) in [6.07, 6.45) is 4.60. The van der Waals surface area contributed by atoms with Crippen molar-refractivity contribution in [2.24, 2.45) is 5.92 Å². The number of hydrogen-bond donors (Lipinski definition) is 1. The minimum absolute atomic E-state index is 0.137. The van der Waals surface area contributed by atoms with Crippen LogP contribution in [0.4, 0.5) is 0 Å². The molecule has 5 heteroatoms. The number of rotatable bonds is 3. The molecule has 0 spiro atoms. The zero-order chi connectivity index (χ0) is 15.3. The Morgan fingerprint density at radius 2 is 2.23 bits per heavy atom. The van der Waals surface area contributed by atoms with E-state index in [2.05, 4.69) is 9.88 Å². The molecule has 2 fully saturated rings. The molecule has 0 saturated carbocycles. The minimum atomic E-state index is -0.667. The van der Waals surface area contributed by atoms with Gasteiger partial charge < -0.3 is 5.11 Å². The number of nitrogens with zero attached hydrogens (tertiary/aromatic N) is 2. The van der Waals surface area contributed by atoms with E-state index in [1.807, 2.05) is 24.3 Å². The van der Waals surface area contributed by atoms with Crippen LogP contribution in [0.25, 0.3) is 10.9 Å². The fourth-order valence-electron chi connectivity index (χ4n) is 4.13. The number of pyridine rings is 1. The van der Waals surface area contributed by atoms with E-state index in [1.165, 1.54) is 0 Å². The molecule has 1 N–H and O–H groups in total. The van der Waals surface area contributed by atoms with Crippen molar-refractivity contribution < 1.29 is 9.90 Å². The summed E-state index contributed by atoms with van der Waals surface area (Å²) in [5.74, 6) is -0.903. The predicted molar refractivity (Wildman–Crippen MR) is 84.8 cm³/mol. The lowest BCUT2D eigenvalue weighted by Crippen LogP contribution is -2.32. The smallest absolute Gasteiger partial charge is 0.308 e. The van der Waals surface area contributed by atoms with Gasteiger partial charge >= 0.3 is 5.97 Å². The molecule has 2 aliphatic rings. The second kappa shape index (κ2) is 5.21. The number of benzene rings is 1. The van der Waals surface area contributed by atoms with Gasteiger partial charge in [0.2, 0.25) is 0 Å². The average molecular weight is 317 g/mol. The van der Waals surface area contributed by atoms with Gasteiger partial charge in [-0.2, -0.15) is 0 Å². The molecule has 0 aliphatic carbocycles. The van der Waals surface area contributed by atoms with E-state index in [4.69, 9.17) is 11.6 Å². The van der Waals surface area contributed by atoms with Gasteiger partial charge in [-0.15, -0.1) is 0 Å². The molecule has 22 heavy (non-hydrogen) atoms. The quantitative estimate of drug-likeness (QED) is 0.943. The highest BCUT2D eigenvalue weighted by atomic mass is 35.5. The van der Waals surface area contributed by atoms with Gasteiger partial charge in [-0.05, 0) is 31.4 Å². The first-order valence-corrected chi connectivity index (χ1v) is 8.03. The number of carbonyl (C=O) groups is 1. The second-order valence-corrected chi connectivity index (χ2v) is 6.66. The predicted octanol–water partition coefficient (Wildman–Crippen LogP) is 3.33. The Bertz CT molecular complexity index is 749. The molecule has 3 heterocycles. The van der Waals surface area contributed by atoms with Crippen LogP contribution in [-0.2, 0) is 11.3 Å². The summed E-state index contributed by atoms with van der Waals surface area (Å²) >= 11 is 6.41. The van der Waals surface area contributed by atoms with Crippen LogP contribution < -0.4 is 0 Å². The van der Waals surface area contributed by atoms with Crippen molar-refractivity contribution in [2.75, 3.05) is 0 Å². The molecular formula is C17H17ClN2O2. The maximum atomic E-state index is 11.4. The third-order valence-electron chi connectivity index (χ3n) is 5.16. The average Bonchev–Trinajstić information content (AvgIpc) is 3.07. The van der Waals surface area contributed by atoms with Crippen molar-refractivity contribution in [2.45, 2.75) is 37.9 Å². The molecule has 4 rings (SSSR count). The summed E-state index contributed by atoms with van der Waals surface area (Å²) in [4.78, 5) is 18.2. The molecule has 2 saturated heterocycles. The monoisotopic (exact) mass is 316 g/mol. The highest BCUT2D eigenvalue weighted by Crippen LogP contribution is 2.43. The SMILES string of the molecule is O=C(O)[C@H]1C[C@H]2CC[C@H]1N2Cc1c(Cl)ccc2cccnc12. The second-order valence-electron chi connectivity index (χ2n) is 6.25. The van der Waals surface area contributed by atoms with E-state index in [-0.39, 0.29) is 12.0 Å². The zero-order valence-corrected chi connectivity index (χ0v) is 12.8. The van der Waals surface area contributed by atoms with Gasteiger partial charge in [0.05, 0.1) is 11.4 Å². The van der Waals surface area contributed by atoms with Crippen molar-refractivity contribution in [1.29, 1.82) is 0 Å². The number of carboxylic acid groups (broad SMARTS) is 1. The lowest BCUT2D eigenvalue weighted by Gasteiger charge is -2.23. The number of fused-ring (bicyclic) bond motifs is 3. The van der Waals surface area contributed by atoms with Crippen LogP contribution in [0, 0.1) is 5.92 Å². The van der Waals surface area contributed by atoms with Crippen LogP contribution >= 0.6 is 11.6 Å². The number of carboxylic acids is 1. The summed E-state index contributed by atoms with van der Waals surface area (Å²) < 4.78 is 0. The molecule has 0 unspecified atom stereocenters. The first-order chi connectivity index (χ1) is 10.6. The van der Waals surface area contributed by atoms with Gasteiger partial charge in [0.25, 0.3) is 0 Å². The highest BCUT2D eigenvalue weighted by molar-refractivity contribution is 6.32. The molecule has 0 radical (unpaired) electrons. The van der Waals surface area contributed by atoms with Crippen molar-refractivity contribution in [3.05, 3.63) is 41.0 Å². The molecule has 4 nitrogen and oxygen atoms in total. The summed E-state index contributed by atoms with van der Waals surface area (Å²) in [6, 6.07) is 8.33. The highest BCUT2D eigenvalue weighted by Gasteiger charge is 2.49. The Morgan fingerprint density at radius 3 is 3.00 bits per heavy atom. The van der Waals surface area contributed by atoms with E-state index >= 15 is 0 Å². The maximum absolute atomic E-state index is 11.4. The Hall–Kier alpha value is -1.65. The van der Waals surface area contributed by atoms with Crippen molar-refractivity contribution in [3.8, 4) is 0 Å². The first-order valence-electron chi connectivity index (χ1n) is 7.66. The third-order valence-corrected chi connectivity index (χ3v) is 5.52. The molecule has 2 aliphatic heterocycles. The standard InChI is InChI=1S/C17H17ClN2O2/c18-14-5-3-10-2-1-7-19-16(10)13(14)9-20-11-4-6-15(20)12(8-11)17(21)22/h1-3,5,7,11-12,15H,4,6,8-9H2,(H,21,22)/t11-,12+,15-/m1/s1. The molecule has 3 atom stereocenters. The minimum Gasteiger partial charge on any atom is -0.481 e. The summed E-state index contributed by atoms with van der Waals surface area (Å²) in [5.41, 5.74) is 1.94. The van der Waals surface area contributed by atoms with Crippen molar-refractivity contribution in [3.63, 3.8) is 0 Å². The Labute approximate surface area is 133 Å². The molecule has 1 aromatic carbocycles. The van der Waals surface area contributed by atoms with Gasteiger partial charge in [0.15, 0.2) is 0 Å². The number of aliphatic carboxylic acids is 1. The normalized spacial score (nSPS) is 27.6. The molecule has 114 valence electrons. The van der Waals surface area contributed by atoms with E-state index in [0.29, 0.717) is 17.6 Å². The number of aromatic nitrogens is 1.